The summed E-state index contributed by atoms with van der Waals surface area (Å²) in [5.74, 6) is 4.13. The van der Waals surface area contributed by atoms with Crippen LogP contribution in [0.3, 0.4) is 0 Å². The van der Waals surface area contributed by atoms with E-state index in [-0.39, 0.29) is 11.7 Å². The van der Waals surface area contributed by atoms with E-state index in [4.69, 9.17) is 11.6 Å². The molecule has 0 aromatic heterocycles. The highest BCUT2D eigenvalue weighted by Crippen LogP contribution is 2.10. The van der Waals surface area contributed by atoms with Crippen LogP contribution in [0.5, 0.6) is 0 Å². The van der Waals surface area contributed by atoms with Crippen LogP contribution in [0.1, 0.15) is 6.42 Å². The molecule has 2 unspecified atom stereocenters. The third-order valence-electron chi connectivity index (χ3n) is 3.00. The molecule has 0 saturated carbocycles. The lowest BCUT2D eigenvalue weighted by Gasteiger charge is -2.15. The molecule has 0 bridgehead atoms. The lowest BCUT2D eigenvalue weighted by Crippen LogP contribution is -2.41. The van der Waals surface area contributed by atoms with Gasteiger partial charge in [0.2, 0.25) is 5.91 Å². The molecule has 21 heavy (non-hydrogen) atoms. The van der Waals surface area contributed by atoms with E-state index >= 15 is 0 Å². The predicted molar refractivity (Wildman–Crippen MR) is 89.9 cm³/mol. The highest BCUT2D eigenvalue weighted by molar-refractivity contribution is 7.98. The van der Waals surface area contributed by atoms with Gasteiger partial charge in [0.15, 0.2) is 0 Å². The minimum absolute atomic E-state index is 0.0643. The number of nitrogens with one attached hydrogen (secondary N) is 2. The van der Waals surface area contributed by atoms with E-state index < -0.39 is 15.7 Å². The maximum Gasteiger partial charge on any atom is 0.240 e. The highest BCUT2D eigenvalue weighted by Gasteiger charge is 2.30. The molecule has 1 fully saturated rings. The van der Waals surface area contributed by atoms with Crippen molar-refractivity contribution in [2.75, 3.05) is 26.4 Å². The van der Waals surface area contributed by atoms with Crippen molar-refractivity contribution in [3.63, 3.8) is 0 Å². The van der Waals surface area contributed by atoms with Crippen LogP contribution < -0.4 is 10.0 Å². The Bertz CT molecular complexity index is 569. The highest BCUT2D eigenvalue weighted by atomic mass is 35.5. The van der Waals surface area contributed by atoms with Crippen molar-refractivity contribution in [3.8, 4) is 0 Å². The molecule has 0 spiro atoms. The van der Waals surface area contributed by atoms with Gasteiger partial charge in [-0.3, -0.25) is 14.0 Å². The second-order valence-electron chi connectivity index (χ2n) is 4.67. The number of halogens is 1. The van der Waals surface area contributed by atoms with Crippen molar-refractivity contribution in [1.82, 2.24) is 14.9 Å². The summed E-state index contributed by atoms with van der Waals surface area (Å²) in [7, 11) is 0.657. The van der Waals surface area contributed by atoms with Crippen LogP contribution in [0.15, 0.2) is 28.9 Å². The maximum absolute atomic E-state index is 12.4. The van der Waals surface area contributed by atoms with Crippen LogP contribution in [0, 0.1) is 0 Å². The quantitative estimate of drug-likeness (QED) is 0.418. The van der Waals surface area contributed by atoms with Gasteiger partial charge in [-0.05, 0) is 24.6 Å². The van der Waals surface area contributed by atoms with Crippen molar-refractivity contribution < 1.29 is 9.00 Å². The third-order valence-corrected chi connectivity index (χ3v) is 4.76. The molecule has 118 valence electrons. The fourth-order valence-electron chi connectivity index (χ4n) is 1.88. The molecular formula is C13H21ClN4O2S. The Morgan fingerprint density at radius 1 is 1.67 bits per heavy atom. The number of nitrogens with zero attached hydrogens (tertiary/aromatic N) is 2. The first-order valence-corrected chi connectivity index (χ1v) is 8.65. The van der Waals surface area contributed by atoms with Crippen LogP contribution in [-0.4, -0.2) is 59.2 Å². The second kappa shape index (κ2) is 7.63. The number of amides is 1. The van der Waals surface area contributed by atoms with Gasteiger partial charge in [0.05, 0.1) is 11.1 Å². The second-order valence-corrected chi connectivity index (χ2v) is 7.27. The van der Waals surface area contributed by atoms with E-state index in [1.165, 1.54) is 6.20 Å². The Hall–Kier alpha value is -1.31. The molecular weight excluding hydrogens is 312 g/mol. The van der Waals surface area contributed by atoms with E-state index in [0.29, 0.717) is 23.8 Å². The van der Waals surface area contributed by atoms with Crippen molar-refractivity contribution >= 4 is 38.9 Å². The summed E-state index contributed by atoms with van der Waals surface area (Å²) in [6.45, 7) is 4.17. The average Bonchev–Trinajstić information content (AvgIpc) is 2.74. The number of hydrogen-bond acceptors (Lipinski definition) is 3. The maximum atomic E-state index is 12.4. The summed E-state index contributed by atoms with van der Waals surface area (Å²) in [5, 5.41) is 3.10. The van der Waals surface area contributed by atoms with Crippen LogP contribution in [0.4, 0.5) is 0 Å². The zero-order valence-electron chi connectivity index (χ0n) is 12.3. The van der Waals surface area contributed by atoms with Crippen molar-refractivity contribution in [2.45, 2.75) is 12.5 Å². The Balaban J connectivity index is 2.68. The standard InChI is InChI=1S/C13H21ClN4O2S/c1-5-16-12(15-2)10(14)7-9-21(4,20)17-11-6-8-18(3)13(11)19/h5,7,11H,1,4,6,8-9H2,2-3H3,(H,15,16)(H,17,20)/b10-7+. The first-order chi connectivity index (χ1) is 9.80. The Kier molecular flexibility index (Phi) is 6.44. The van der Waals surface area contributed by atoms with Gasteiger partial charge in [0.25, 0.3) is 0 Å². The summed E-state index contributed by atoms with van der Waals surface area (Å²) in [5.41, 5.74) is 0. The topological polar surface area (TPSA) is 73.8 Å². The SMILES string of the molecule is C=CNC(=NC)/C(Cl)=C\CS(=C)(=O)NC1CCN(C)C1=O. The van der Waals surface area contributed by atoms with Gasteiger partial charge in [-0.25, -0.2) is 4.72 Å². The third kappa shape index (κ3) is 5.18. The van der Waals surface area contributed by atoms with Crippen LogP contribution in [-0.2, 0) is 14.5 Å². The Morgan fingerprint density at radius 3 is 2.81 bits per heavy atom. The van der Waals surface area contributed by atoms with Gasteiger partial charge in [-0.2, -0.15) is 0 Å². The summed E-state index contributed by atoms with van der Waals surface area (Å²) in [4.78, 5) is 17.3. The minimum atomic E-state index is -2.64. The van der Waals surface area contributed by atoms with Gasteiger partial charge in [-0.15, -0.1) is 0 Å². The van der Waals surface area contributed by atoms with Crippen molar-refractivity contribution in [2.24, 2.45) is 4.99 Å². The fraction of sp³-hybridized carbons (Fsp3) is 0.462. The van der Waals surface area contributed by atoms with E-state index in [0.717, 1.165) is 0 Å². The number of likely N-dealkylation sites (N-methyl/N-ethyl adjacent to an activating group) is 1. The molecule has 1 saturated heterocycles. The molecule has 1 rings (SSSR count). The molecule has 0 radical (unpaired) electrons. The molecule has 2 atom stereocenters. The average molecular weight is 333 g/mol. The van der Waals surface area contributed by atoms with Crippen LogP contribution >= 0.6 is 11.6 Å². The van der Waals surface area contributed by atoms with Gasteiger partial charge in [0, 0.05) is 36.1 Å². The van der Waals surface area contributed by atoms with E-state index in [1.807, 2.05) is 0 Å². The van der Waals surface area contributed by atoms with Gasteiger partial charge < -0.3 is 10.2 Å². The first-order valence-electron chi connectivity index (χ1n) is 6.38. The number of aliphatic imine (C=N–C) groups is 1. The van der Waals surface area contributed by atoms with E-state index in [9.17, 15) is 9.00 Å². The number of likely N-dealkylation sites (tertiary alicyclic amines) is 1. The van der Waals surface area contributed by atoms with Gasteiger partial charge in [-0.1, -0.05) is 18.2 Å². The molecule has 8 heteroatoms. The van der Waals surface area contributed by atoms with Crippen molar-refractivity contribution in [3.05, 3.63) is 23.9 Å². The molecule has 1 amide bonds. The predicted octanol–water partition coefficient (Wildman–Crippen LogP) is 0.322. The zero-order valence-corrected chi connectivity index (χ0v) is 13.8. The molecule has 1 heterocycles. The number of rotatable bonds is 6. The van der Waals surface area contributed by atoms with Gasteiger partial charge in [0.1, 0.15) is 5.84 Å². The summed E-state index contributed by atoms with van der Waals surface area (Å²) >= 11 is 6.06. The largest absolute Gasteiger partial charge is 0.346 e. The van der Waals surface area contributed by atoms with E-state index in [1.54, 1.807) is 25.1 Å². The van der Waals surface area contributed by atoms with Crippen molar-refractivity contribution in [1.29, 1.82) is 0 Å². The Labute approximate surface area is 131 Å². The normalized spacial score (nSPS) is 23.1. The first kappa shape index (κ1) is 17.7. The number of hydrogen-bond donors (Lipinski definition) is 2. The monoisotopic (exact) mass is 332 g/mol. The van der Waals surface area contributed by atoms with E-state index in [2.05, 4.69) is 27.5 Å². The lowest BCUT2D eigenvalue weighted by molar-refractivity contribution is -0.127. The molecule has 1 aliphatic rings. The fourth-order valence-corrected chi connectivity index (χ4v) is 3.46. The van der Waals surface area contributed by atoms with Gasteiger partial charge >= 0.3 is 0 Å². The smallest absolute Gasteiger partial charge is 0.240 e. The lowest BCUT2D eigenvalue weighted by atomic mass is 10.3. The summed E-state index contributed by atoms with van der Waals surface area (Å²) in [6, 6.07) is -0.446. The molecule has 2 N–H and O–H groups in total. The summed E-state index contributed by atoms with van der Waals surface area (Å²) in [6.07, 6.45) is 3.64. The number of carbonyl (C=O) groups is 1. The number of amidine groups is 1. The van der Waals surface area contributed by atoms with Crippen LogP contribution in [0.2, 0.25) is 0 Å². The van der Waals surface area contributed by atoms with Crippen LogP contribution in [0.25, 0.3) is 0 Å². The minimum Gasteiger partial charge on any atom is -0.346 e. The molecule has 0 aromatic carbocycles. The summed E-state index contributed by atoms with van der Waals surface area (Å²) < 4.78 is 15.2. The molecule has 1 aliphatic heterocycles. The molecule has 6 nitrogen and oxygen atoms in total. The Morgan fingerprint density at radius 2 is 2.33 bits per heavy atom. The zero-order chi connectivity index (χ0) is 16.0. The molecule has 0 aromatic rings. The molecule has 0 aliphatic carbocycles. The number of carbonyl (C=O) groups excluding carboxylic acids is 1.